The van der Waals surface area contributed by atoms with Crippen molar-refractivity contribution in [3.8, 4) is 0 Å². The van der Waals surface area contributed by atoms with E-state index in [4.69, 9.17) is 0 Å². The van der Waals surface area contributed by atoms with Gasteiger partial charge in [0.15, 0.2) is 0 Å². The molecule has 1 aliphatic heterocycles. The molecule has 2 N–H and O–H groups in total. The van der Waals surface area contributed by atoms with Crippen molar-refractivity contribution in [1.29, 1.82) is 0 Å². The Hall–Kier alpha value is -2.08. The fourth-order valence-corrected chi connectivity index (χ4v) is 3.45. The highest BCUT2D eigenvalue weighted by molar-refractivity contribution is 5.76. The Morgan fingerprint density at radius 1 is 1.38 bits per heavy atom. The summed E-state index contributed by atoms with van der Waals surface area (Å²) in [4.78, 5) is 18.7. The van der Waals surface area contributed by atoms with Crippen LogP contribution in [-0.4, -0.2) is 51.3 Å². The van der Waals surface area contributed by atoms with Crippen LogP contribution in [0, 0.1) is 12.8 Å². The summed E-state index contributed by atoms with van der Waals surface area (Å²) in [5, 5.41) is 12.6. The van der Waals surface area contributed by atoms with E-state index in [1.165, 1.54) is 0 Å². The van der Waals surface area contributed by atoms with E-state index in [1.807, 2.05) is 36.9 Å². The van der Waals surface area contributed by atoms with Crippen LogP contribution in [0.5, 0.6) is 0 Å². The predicted octanol–water partition coefficient (Wildman–Crippen LogP) is 2.15. The van der Waals surface area contributed by atoms with E-state index in [0.717, 1.165) is 29.7 Å². The van der Waals surface area contributed by atoms with Gasteiger partial charge in [0.05, 0.1) is 17.1 Å². The lowest BCUT2D eigenvalue weighted by molar-refractivity contribution is 0.0798. The number of imidazole rings is 1. The maximum atomic E-state index is 12.3. The van der Waals surface area contributed by atoms with E-state index in [9.17, 15) is 9.90 Å². The molecule has 0 bridgehead atoms. The fourth-order valence-electron chi connectivity index (χ4n) is 3.45. The summed E-state index contributed by atoms with van der Waals surface area (Å²) in [6, 6.07) is 8.03. The third kappa shape index (κ3) is 3.53. The Kier molecular flexibility index (Phi) is 5.04. The number of para-hydroxylation sites is 2. The number of nitrogens with one attached hydrogen (secondary N) is 1. The Bertz CT molecular complexity index is 702. The minimum Gasteiger partial charge on any atom is -0.393 e. The van der Waals surface area contributed by atoms with Gasteiger partial charge in [0.1, 0.15) is 5.82 Å². The molecule has 130 valence electrons. The molecule has 1 aliphatic rings. The second-order valence-electron chi connectivity index (χ2n) is 6.60. The fraction of sp³-hybridized carbons (Fsp3) is 0.556. The molecule has 0 saturated carbocycles. The summed E-state index contributed by atoms with van der Waals surface area (Å²) in [6.07, 6.45) is 1.46. The van der Waals surface area contributed by atoms with E-state index in [-0.39, 0.29) is 12.1 Å². The van der Waals surface area contributed by atoms with Crippen LogP contribution in [0.2, 0.25) is 0 Å². The zero-order chi connectivity index (χ0) is 17.1. The predicted molar refractivity (Wildman–Crippen MR) is 93.8 cm³/mol. The van der Waals surface area contributed by atoms with Gasteiger partial charge >= 0.3 is 6.03 Å². The second-order valence-corrected chi connectivity index (χ2v) is 6.60. The molecular formula is C18H26N4O2. The van der Waals surface area contributed by atoms with E-state index in [1.54, 1.807) is 0 Å². The Labute approximate surface area is 142 Å². The number of nitrogens with zero attached hydrogens (tertiary/aromatic N) is 3. The highest BCUT2D eigenvalue weighted by Gasteiger charge is 2.25. The number of fused-ring (bicyclic) bond motifs is 1. The molecule has 3 rings (SSSR count). The first-order chi connectivity index (χ1) is 11.6. The number of aromatic nitrogens is 2. The number of urea groups is 1. The molecular weight excluding hydrogens is 304 g/mol. The molecule has 1 unspecified atom stereocenters. The quantitative estimate of drug-likeness (QED) is 0.902. The van der Waals surface area contributed by atoms with Gasteiger partial charge in [0.25, 0.3) is 0 Å². The number of aliphatic hydroxyl groups excluding tert-OH is 1. The van der Waals surface area contributed by atoms with Crippen molar-refractivity contribution in [3.05, 3.63) is 30.1 Å². The SMILES string of the molecule is Cc1nc2ccccc2n1CCNC(=O)N1CCC(C(C)O)CC1. The van der Waals surface area contributed by atoms with Crippen LogP contribution >= 0.6 is 0 Å². The molecule has 2 amide bonds. The topological polar surface area (TPSA) is 70.4 Å². The largest absolute Gasteiger partial charge is 0.393 e. The minimum absolute atomic E-state index is 0.0129. The van der Waals surface area contributed by atoms with Crippen molar-refractivity contribution in [1.82, 2.24) is 19.8 Å². The zero-order valence-corrected chi connectivity index (χ0v) is 14.4. The third-order valence-corrected chi connectivity index (χ3v) is 4.97. The van der Waals surface area contributed by atoms with Crippen LogP contribution in [0.1, 0.15) is 25.6 Å². The van der Waals surface area contributed by atoms with E-state index >= 15 is 0 Å². The smallest absolute Gasteiger partial charge is 0.317 e. The molecule has 1 fully saturated rings. The van der Waals surface area contributed by atoms with Crippen molar-refractivity contribution < 1.29 is 9.90 Å². The number of aliphatic hydroxyl groups is 1. The van der Waals surface area contributed by atoms with Gasteiger partial charge in [-0.25, -0.2) is 9.78 Å². The Morgan fingerprint density at radius 2 is 2.08 bits per heavy atom. The Balaban J connectivity index is 1.51. The molecule has 24 heavy (non-hydrogen) atoms. The summed E-state index contributed by atoms with van der Waals surface area (Å²) in [5.74, 6) is 1.28. The lowest BCUT2D eigenvalue weighted by Crippen LogP contribution is -2.46. The molecule has 6 nitrogen and oxygen atoms in total. The molecule has 1 atom stereocenters. The van der Waals surface area contributed by atoms with Crippen molar-refractivity contribution in [2.75, 3.05) is 19.6 Å². The molecule has 1 aromatic heterocycles. The summed E-state index contributed by atoms with van der Waals surface area (Å²) in [7, 11) is 0. The van der Waals surface area contributed by atoms with Crippen LogP contribution in [-0.2, 0) is 6.54 Å². The number of carbonyl (C=O) groups excluding carboxylic acids is 1. The van der Waals surface area contributed by atoms with E-state index < -0.39 is 0 Å². The average Bonchev–Trinajstić information content (AvgIpc) is 2.90. The van der Waals surface area contributed by atoms with Gasteiger partial charge in [-0.15, -0.1) is 0 Å². The molecule has 1 aromatic carbocycles. The minimum atomic E-state index is -0.285. The number of aryl methyl sites for hydroxylation is 1. The molecule has 6 heteroatoms. The number of rotatable bonds is 4. The van der Waals surface area contributed by atoms with Gasteiger partial charge in [-0.1, -0.05) is 12.1 Å². The molecule has 0 radical (unpaired) electrons. The van der Waals surface area contributed by atoms with Crippen molar-refractivity contribution in [3.63, 3.8) is 0 Å². The van der Waals surface area contributed by atoms with E-state index in [2.05, 4.69) is 20.9 Å². The molecule has 0 spiro atoms. The first-order valence-corrected chi connectivity index (χ1v) is 8.69. The highest BCUT2D eigenvalue weighted by Crippen LogP contribution is 2.20. The lowest BCUT2D eigenvalue weighted by atomic mass is 9.92. The van der Waals surface area contributed by atoms with Gasteiger partial charge < -0.3 is 19.9 Å². The van der Waals surface area contributed by atoms with Crippen LogP contribution in [0.3, 0.4) is 0 Å². The van der Waals surface area contributed by atoms with Gasteiger partial charge in [0, 0.05) is 26.2 Å². The number of likely N-dealkylation sites (tertiary alicyclic amines) is 1. The number of carbonyl (C=O) groups is 1. The molecule has 0 aliphatic carbocycles. The highest BCUT2D eigenvalue weighted by atomic mass is 16.3. The second kappa shape index (κ2) is 7.21. The summed E-state index contributed by atoms with van der Waals surface area (Å²) >= 11 is 0. The number of amides is 2. The van der Waals surface area contributed by atoms with Gasteiger partial charge in [-0.3, -0.25) is 0 Å². The number of benzene rings is 1. The first kappa shape index (κ1) is 16.8. The van der Waals surface area contributed by atoms with Crippen molar-refractivity contribution in [2.45, 2.75) is 39.3 Å². The maximum absolute atomic E-state index is 12.3. The number of hydrogen-bond donors (Lipinski definition) is 2. The number of piperidine rings is 1. The number of hydrogen-bond acceptors (Lipinski definition) is 3. The van der Waals surface area contributed by atoms with E-state index in [0.29, 0.717) is 32.1 Å². The van der Waals surface area contributed by atoms with Crippen LogP contribution < -0.4 is 5.32 Å². The Morgan fingerprint density at radius 3 is 2.79 bits per heavy atom. The maximum Gasteiger partial charge on any atom is 0.317 e. The van der Waals surface area contributed by atoms with Crippen molar-refractivity contribution >= 4 is 17.1 Å². The normalized spacial score (nSPS) is 17.2. The van der Waals surface area contributed by atoms with Crippen LogP contribution in [0.4, 0.5) is 4.79 Å². The monoisotopic (exact) mass is 330 g/mol. The molecule has 1 saturated heterocycles. The van der Waals surface area contributed by atoms with Crippen LogP contribution in [0.25, 0.3) is 11.0 Å². The van der Waals surface area contributed by atoms with Gasteiger partial charge in [-0.2, -0.15) is 0 Å². The summed E-state index contributed by atoms with van der Waals surface area (Å²) < 4.78 is 2.13. The van der Waals surface area contributed by atoms with Gasteiger partial charge in [-0.05, 0) is 44.7 Å². The van der Waals surface area contributed by atoms with Crippen LogP contribution in [0.15, 0.2) is 24.3 Å². The molecule has 2 aromatic rings. The summed E-state index contributed by atoms with van der Waals surface area (Å²) in [5.41, 5.74) is 2.09. The lowest BCUT2D eigenvalue weighted by Gasteiger charge is -2.33. The summed E-state index contributed by atoms with van der Waals surface area (Å²) in [6.45, 7) is 6.54. The standard InChI is InChI=1S/C18H26N4O2/c1-13(23)15-7-10-21(11-8-15)18(24)19-9-12-22-14(2)20-16-5-3-4-6-17(16)22/h3-6,13,15,23H,7-12H2,1-2H3,(H,19,24). The molecule has 2 heterocycles. The zero-order valence-electron chi connectivity index (χ0n) is 14.4. The average molecular weight is 330 g/mol. The third-order valence-electron chi connectivity index (χ3n) is 4.97. The first-order valence-electron chi connectivity index (χ1n) is 8.69. The van der Waals surface area contributed by atoms with Crippen molar-refractivity contribution in [2.24, 2.45) is 5.92 Å². The van der Waals surface area contributed by atoms with Gasteiger partial charge in [0.2, 0.25) is 0 Å².